The van der Waals surface area contributed by atoms with E-state index >= 15 is 0 Å². The average Bonchev–Trinajstić information content (AvgIpc) is 3.04. The molecular formula is C19H24N2O2. The summed E-state index contributed by atoms with van der Waals surface area (Å²) < 4.78 is 7.40. The quantitative estimate of drug-likeness (QED) is 0.408. The van der Waals surface area contributed by atoms with Crippen LogP contribution in [0, 0.1) is 0 Å². The van der Waals surface area contributed by atoms with Gasteiger partial charge in [-0.15, -0.1) is 0 Å². The summed E-state index contributed by atoms with van der Waals surface area (Å²) in [4.78, 5) is 12.1. The Morgan fingerprint density at radius 3 is 2.65 bits per heavy atom. The highest BCUT2D eigenvalue weighted by Gasteiger charge is 2.07. The molecule has 0 saturated heterocycles. The molecule has 0 N–H and O–H groups in total. The Morgan fingerprint density at radius 2 is 2.04 bits per heavy atom. The minimum absolute atomic E-state index is 0.0415. The number of aromatic nitrogens is 2. The number of unbranched alkanes of at least 4 members (excludes halogenated alkanes) is 1. The molecule has 1 aromatic carbocycles. The number of hydrogen-bond acceptors (Lipinski definition) is 3. The van der Waals surface area contributed by atoms with E-state index < -0.39 is 0 Å². The van der Waals surface area contributed by atoms with Crippen LogP contribution in [-0.2, 0) is 0 Å². The van der Waals surface area contributed by atoms with Gasteiger partial charge >= 0.3 is 0 Å². The van der Waals surface area contributed by atoms with Crippen molar-refractivity contribution in [2.75, 3.05) is 6.61 Å². The molecule has 0 radical (unpaired) electrons. The van der Waals surface area contributed by atoms with Crippen LogP contribution < -0.4 is 4.74 Å². The molecule has 4 nitrogen and oxygen atoms in total. The highest BCUT2D eigenvalue weighted by atomic mass is 16.5. The van der Waals surface area contributed by atoms with E-state index in [1.54, 1.807) is 23.2 Å². The summed E-state index contributed by atoms with van der Waals surface area (Å²) in [6.07, 6.45) is 8.95. The van der Waals surface area contributed by atoms with Crippen molar-refractivity contribution in [3.8, 4) is 5.75 Å². The molecule has 0 spiro atoms. The number of benzene rings is 1. The number of carbonyl (C=O) groups is 1. The Bertz CT molecular complexity index is 654. The standard InChI is InChI=1S/C19H24N2O2/c1-4-5-12-23-18-9-6-16(7-10-18)8-11-19(22)17-13-20-21(14-17)15(2)3/h6-11,13-15H,4-5,12H2,1-3H3/b11-8+. The van der Waals surface area contributed by atoms with Crippen molar-refractivity contribution in [1.29, 1.82) is 0 Å². The van der Waals surface area contributed by atoms with Crippen molar-refractivity contribution in [3.05, 3.63) is 53.9 Å². The van der Waals surface area contributed by atoms with Crippen LogP contribution in [0.5, 0.6) is 5.75 Å². The van der Waals surface area contributed by atoms with Gasteiger partial charge in [-0.05, 0) is 44.0 Å². The van der Waals surface area contributed by atoms with E-state index in [0.717, 1.165) is 30.8 Å². The van der Waals surface area contributed by atoms with Crippen LogP contribution in [0.2, 0.25) is 0 Å². The third-order valence-corrected chi connectivity index (χ3v) is 3.49. The molecule has 2 aromatic rings. The highest BCUT2D eigenvalue weighted by molar-refractivity contribution is 6.06. The van der Waals surface area contributed by atoms with Gasteiger partial charge in [0.1, 0.15) is 5.75 Å². The van der Waals surface area contributed by atoms with Gasteiger partial charge < -0.3 is 4.74 Å². The largest absolute Gasteiger partial charge is 0.494 e. The Balaban J connectivity index is 1.94. The lowest BCUT2D eigenvalue weighted by Gasteiger charge is -2.04. The van der Waals surface area contributed by atoms with E-state index in [2.05, 4.69) is 12.0 Å². The zero-order valence-corrected chi connectivity index (χ0v) is 14.0. The van der Waals surface area contributed by atoms with Gasteiger partial charge in [-0.2, -0.15) is 5.10 Å². The van der Waals surface area contributed by atoms with Crippen LogP contribution >= 0.6 is 0 Å². The predicted molar refractivity (Wildman–Crippen MR) is 92.8 cm³/mol. The number of rotatable bonds is 8. The number of allylic oxidation sites excluding steroid dienone is 1. The first kappa shape index (κ1) is 17.0. The molecule has 0 atom stereocenters. The lowest BCUT2D eigenvalue weighted by atomic mass is 10.1. The van der Waals surface area contributed by atoms with E-state index in [1.807, 2.05) is 44.2 Å². The molecule has 4 heteroatoms. The van der Waals surface area contributed by atoms with Crippen molar-refractivity contribution in [3.63, 3.8) is 0 Å². The van der Waals surface area contributed by atoms with Crippen LogP contribution in [0.15, 0.2) is 42.7 Å². The van der Waals surface area contributed by atoms with Crippen LogP contribution in [0.3, 0.4) is 0 Å². The molecule has 0 saturated carbocycles. The van der Waals surface area contributed by atoms with Crippen molar-refractivity contribution >= 4 is 11.9 Å². The summed E-state index contributed by atoms with van der Waals surface area (Å²) in [6.45, 7) is 6.94. The van der Waals surface area contributed by atoms with Crippen LogP contribution in [-0.4, -0.2) is 22.2 Å². The summed E-state index contributed by atoms with van der Waals surface area (Å²) in [5.41, 5.74) is 1.58. The Labute approximate surface area is 137 Å². The maximum Gasteiger partial charge on any atom is 0.189 e. The molecule has 0 fully saturated rings. The van der Waals surface area contributed by atoms with Crippen molar-refractivity contribution < 1.29 is 9.53 Å². The molecule has 0 aliphatic carbocycles. The number of nitrogens with zero attached hydrogens (tertiary/aromatic N) is 2. The first-order valence-electron chi connectivity index (χ1n) is 8.09. The third-order valence-electron chi connectivity index (χ3n) is 3.49. The fourth-order valence-corrected chi connectivity index (χ4v) is 2.03. The first-order valence-corrected chi connectivity index (χ1v) is 8.09. The molecule has 1 heterocycles. The van der Waals surface area contributed by atoms with Crippen molar-refractivity contribution in [1.82, 2.24) is 9.78 Å². The molecule has 0 aliphatic rings. The van der Waals surface area contributed by atoms with Crippen LogP contribution in [0.1, 0.15) is 55.6 Å². The van der Waals surface area contributed by atoms with Gasteiger partial charge in [-0.3, -0.25) is 9.48 Å². The topological polar surface area (TPSA) is 44.1 Å². The fraction of sp³-hybridized carbons (Fsp3) is 0.368. The van der Waals surface area contributed by atoms with E-state index in [-0.39, 0.29) is 11.8 Å². The van der Waals surface area contributed by atoms with Crippen LogP contribution in [0.25, 0.3) is 6.08 Å². The van der Waals surface area contributed by atoms with Gasteiger partial charge in [0.05, 0.1) is 18.4 Å². The molecule has 0 unspecified atom stereocenters. The number of hydrogen-bond donors (Lipinski definition) is 0. The van der Waals surface area contributed by atoms with Crippen molar-refractivity contribution in [2.24, 2.45) is 0 Å². The second-order valence-corrected chi connectivity index (χ2v) is 5.77. The molecule has 23 heavy (non-hydrogen) atoms. The second-order valence-electron chi connectivity index (χ2n) is 5.77. The van der Waals surface area contributed by atoms with Gasteiger partial charge in [0.2, 0.25) is 0 Å². The molecule has 1 aromatic heterocycles. The summed E-state index contributed by atoms with van der Waals surface area (Å²) in [6, 6.07) is 8.00. The summed E-state index contributed by atoms with van der Waals surface area (Å²) in [7, 11) is 0. The SMILES string of the molecule is CCCCOc1ccc(/C=C/C(=O)c2cnn(C(C)C)c2)cc1. The predicted octanol–water partition coefficient (Wildman–Crippen LogP) is 4.54. The van der Waals surface area contributed by atoms with E-state index in [1.165, 1.54) is 0 Å². The van der Waals surface area contributed by atoms with Crippen molar-refractivity contribution in [2.45, 2.75) is 39.7 Å². The molecule has 0 bridgehead atoms. The van der Waals surface area contributed by atoms with Crippen LogP contribution in [0.4, 0.5) is 0 Å². The average molecular weight is 312 g/mol. The Hall–Kier alpha value is -2.36. The second kappa shape index (κ2) is 8.32. The lowest BCUT2D eigenvalue weighted by Crippen LogP contribution is -2.00. The minimum Gasteiger partial charge on any atom is -0.494 e. The molecule has 0 aliphatic heterocycles. The molecular weight excluding hydrogens is 288 g/mol. The summed E-state index contributed by atoms with van der Waals surface area (Å²) in [5, 5.41) is 4.18. The Morgan fingerprint density at radius 1 is 1.30 bits per heavy atom. The van der Waals surface area contributed by atoms with Gasteiger partial charge in [0.25, 0.3) is 0 Å². The van der Waals surface area contributed by atoms with Gasteiger partial charge in [-0.1, -0.05) is 31.6 Å². The van der Waals surface area contributed by atoms with Gasteiger partial charge in [0.15, 0.2) is 5.78 Å². The maximum atomic E-state index is 12.1. The molecule has 2 rings (SSSR count). The summed E-state index contributed by atoms with van der Waals surface area (Å²) in [5.74, 6) is 0.820. The maximum absolute atomic E-state index is 12.1. The molecule has 0 amide bonds. The monoisotopic (exact) mass is 312 g/mol. The number of ketones is 1. The van der Waals surface area contributed by atoms with Gasteiger partial charge in [-0.25, -0.2) is 0 Å². The smallest absolute Gasteiger partial charge is 0.189 e. The highest BCUT2D eigenvalue weighted by Crippen LogP contribution is 2.14. The molecule has 122 valence electrons. The first-order chi connectivity index (χ1) is 11.1. The minimum atomic E-state index is -0.0415. The summed E-state index contributed by atoms with van der Waals surface area (Å²) >= 11 is 0. The Kier molecular flexibility index (Phi) is 6.15. The normalized spacial score (nSPS) is 11.3. The third kappa shape index (κ3) is 5.09. The number of carbonyl (C=O) groups excluding carboxylic acids is 1. The van der Waals surface area contributed by atoms with E-state index in [4.69, 9.17) is 4.74 Å². The number of ether oxygens (including phenoxy) is 1. The van der Waals surface area contributed by atoms with E-state index in [9.17, 15) is 4.79 Å². The zero-order valence-electron chi connectivity index (χ0n) is 14.0. The van der Waals surface area contributed by atoms with E-state index in [0.29, 0.717) is 5.56 Å². The lowest BCUT2D eigenvalue weighted by molar-refractivity contribution is 0.104. The zero-order chi connectivity index (χ0) is 16.7. The van der Waals surface area contributed by atoms with Gasteiger partial charge in [0, 0.05) is 12.2 Å². The fourth-order valence-electron chi connectivity index (χ4n) is 2.03.